The molecular weight excluding hydrogens is 507 g/mol. The molecule has 35 heavy (non-hydrogen) atoms. The Hall–Kier alpha value is -2.91. The third kappa shape index (κ3) is 4.67. The van der Waals surface area contributed by atoms with Crippen molar-refractivity contribution < 1.29 is 22.3 Å². The summed E-state index contributed by atoms with van der Waals surface area (Å²) in [6.07, 6.45) is -0.797. The molecule has 1 aromatic carbocycles. The van der Waals surface area contributed by atoms with Gasteiger partial charge in [0.15, 0.2) is 11.0 Å². The molecule has 4 rings (SSSR count). The lowest BCUT2D eigenvalue weighted by Gasteiger charge is -2.23. The van der Waals surface area contributed by atoms with E-state index in [1.807, 2.05) is 6.92 Å². The molecule has 11 heteroatoms. The van der Waals surface area contributed by atoms with Crippen LogP contribution in [0.1, 0.15) is 49.5 Å². The van der Waals surface area contributed by atoms with Crippen molar-refractivity contribution in [2.24, 2.45) is 0 Å². The van der Waals surface area contributed by atoms with E-state index in [-0.39, 0.29) is 33.2 Å². The van der Waals surface area contributed by atoms with E-state index >= 15 is 4.39 Å². The van der Waals surface area contributed by atoms with E-state index in [0.717, 1.165) is 18.3 Å². The zero-order valence-corrected chi connectivity index (χ0v) is 20.6. The monoisotopic (exact) mass is 526 g/mol. The standard InChI is InChI=1S/C24H20Cl2F4N4O/c1-11(2)35-21-15(12(3)23-33-13(4)20-22(26)31-7-8-34(20)23)9-16(25)19(27)18(21)14-5-6-17(32-10-14)24(28,29)30/h5-12H,1-4H3. The Morgan fingerprint density at radius 2 is 1.80 bits per heavy atom. The van der Waals surface area contributed by atoms with Gasteiger partial charge in [0.2, 0.25) is 0 Å². The highest BCUT2D eigenvalue weighted by molar-refractivity contribution is 6.32. The van der Waals surface area contributed by atoms with Gasteiger partial charge in [0.05, 0.1) is 22.4 Å². The second-order valence-electron chi connectivity index (χ2n) is 8.28. The van der Waals surface area contributed by atoms with Crippen LogP contribution >= 0.6 is 23.2 Å². The van der Waals surface area contributed by atoms with E-state index < -0.39 is 23.6 Å². The zero-order chi connectivity index (χ0) is 25.7. The van der Waals surface area contributed by atoms with Crippen LogP contribution in [0, 0.1) is 12.7 Å². The number of ether oxygens (including phenoxy) is 1. The van der Waals surface area contributed by atoms with Crippen molar-refractivity contribution in [1.82, 2.24) is 19.4 Å². The minimum atomic E-state index is -4.63. The van der Waals surface area contributed by atoms with Gasteiger partial charge in [0.1, 0.15) is 22.8 Å². The maximum Gasteiger partial charge on any atom is 0.433 e. The Morgan fingerprint density at radius 3 is 2.40 bits per heavy atom. The van der Waals surface area contributed by atoms with Gasteiger partial charge in [-0.15, -0.1) is 0 Å². The summed E-state index contributed by atoms with van der Waals surface area (Å²) in [5, 5.41) is 0.0680. The van der Waals surface area contributed by atoms with E-state index in [2.05, 4.69) is 15.0 Å². The first-order valence-corrected chi connectivity index (χ1v) is 11.4. The molecule has 0 aliphatic heterocycles. The van der Waals surface area contributed by atoms with E-state index in [4.69, 9.17) is 27.9 Å². The van der Waals surface area contributed by atoms with Crippen LogP contribution in [0.3, 0.4) is 0 Å². The van der Waals surface area contributed by atoms with Crippen molar-refractivity contribution in [2.75, 3.05) is 0 Å². The summed E-state index contributed by atoms with van der Waals surface area (Å²) < 4.78 is 62.3. The quantitative estimate of drug-likeness (QED) is 0.252. The Bertz CT molecular complexity index is 1400. The van der Waals surface area contributed by atoms with Gasteiger partial charge < -0.3 is 4.74 Å². The lowest BCUT2D eigenvalue weighted by molar-refractivity contribution is -0.141. The molecule has 3 heterocycles. The highest BCUT2D eigenvalue weighted by Gasteiger charge is 2.33. The van der Waals surface area contributed by atoms with Crippen LogP contribution < -0.4 is 4.74 Å². The Kier molecular flexibility index (Phi) is 6.68. The highest BCUT2D eigenvalue weighted by atomic mass is 35.5. The van der Waals surface area contributed by atoms with Gasteiger partial charge in [0, 0.05) is 35.6 Å². The molecule has 0 radical (unpaired) electrons. The number of hydrogen-bond donors (Lipinski definition) is 0. The smallest absolute Gasteiger partial charge is 0.433 e. The molecule has 5 nitrogen and oxygen atoms in total. The van der Waals surface area contributed by atoms with Crippen molar-refractivity contribution in [2.45, 2.75) is 45.9 Å². The largest absolute Gasteiger partial charge is 0.490 e. The molecule has 0 fully saturated rings. The second kappa shape index (κ2) is 9.28. The van der Waals surface area contributed by atoms with E-state index in [1.54, 1.807) is 31.4 Å². The molecular formula is C24H20Cl2F4N4O. The Morgan fingerprint density at radius 1 is 1.09 bits per heavy atom. The Balaban J connectivity index is 1.95. The first-order chi connectivity index (χ1) is 16.4. The highest BCUT2D eigenvalue weighted by Crippen LogP contribution is 2.44. The first-order valence-electron chi connectivity index (χ1n) is 10.6. The average molecular weight is 527 g/mol. The van der Waals surface area contributed by atoms with Gasteiger partial charge >= 0.3 is 6.18 Å². The van der Waals surface area contributed by atoms with Crippen molar-refractivity contribution in [1.29, 1.82) is 0 Å². The third-order valence-corrected chi connectivity index (χ3v) is 6.01. The molecule has 3 aromatic heterocycles. The van der Waals surface area contributed by atoms with E-state index in [9.17, 15) is 13.2 Å². The Labute approximate surface area is 208 Å². The maximum absolute atomic E-state index is 15.4. The fourth-order valence-corrected chi connectivity index (χ4v) is 4.41. The lowest BCUT2D eigenvalue weighted by atomic mass is 9.93. The molecule has 0 aliphatic carbocycles. The molecule has 4 aromatic rings. The van der Waals surface area contributed by atoms with Gasteiger partial charge in [-0.05, 0) is 32.9 Å². The van der Waals surface area contributed by atoms with Crippen molar-refractivity contribution in [3.63, 3.8) is 0 Å². The number of fused-ring (bicyclic) bond motifs is 1. The van der Waals surface area contributed by atoms with Crippen LogP contribution in [0.2, 0.25) is 10.2 Å². The summed E-state index contributed by atoms with van der Waals surface area (Å²) in [5.74, 6) is -0.570. The van der Waals surface area contributed by atoms with Crippen LogP contribution in [0.4, 0.5) is 17.6 Å². The fourth-order valence-electron chi connectivity index (χ4n) is 3.92. The number of pyridine rings is 1. The molecule has 0 spiro atoms. The van der Waals surface area contributed by atoms with E-state index in [0.29, 0.717) is 22.6 Å². The van der Waals surface area contributed by atoms with Gasteiger partial charge in [-0.1, -0.05) is 36.2 Å². The topological polar surface area (TPSA) is 52.3 Å². The predicted octanol–water partition coefficient (Wildman–Crippen LogP) is 7.50. The SMILES string of the molecule is Cc1nc(C(C)c2cc(Cl)c(F)c(-c3ccc(C(F)(F)F)nc3)c2OC(C)C)n2ccnc(Cl)c12. The van der Waals surface area contributed by atoms with E-state index in [1.165, 1.54) is 12.3 Å². The molecule has 184 valence electrons. The van der Waals surface area contributed by atoms with Gasteiger partial charge in [-0.25, -0.2) is 14.4 Å². The minimum absolute atomic E-state index is 0.0773. The third-order valence-electron chi connectivity index (χ3n) is 5.46. The number of halogens is 6. The first kappa shape index (κ1) is 25.2. The fraction of sp³-hybridized carbons (Fsp3) is 0.292. The molecule has 0 N–H and O–H groups in total. The van der Waals surface area contributed by atoms with Crippen LogP contribution in [-0.2, 0) is 6.18 Å². The molecule has 0 saturated heterocycles. The van der Waals surface area contributed by atoms with Crippen LogP contribution in [0.25, 0.3) is 16.6 Å². The number of aryl methyl sites for hydroxylation is 1. The summed E-state index contributed by atoms with van der Waals surface area (Å²) in [5.41, 5.74) is 0.706. The predicted molar refractivity (Wildman–Crippen MR) is 126 cm³/mol. The average Bonchev–Trinajstić information content (AvgIpc) is 3.13. The summed E-state index contributed by atoms with van der Waals surface area (Å²) >= 11 is 12.5. The van der Waals surface area contributed by atoms with Crippen LogP contribution in [-0.4, -0.2) is 25.5 Å². The van der Waals surface area contributed by atoms with Crippen LogP contribution in [0.5, 0.6) is 5.75 Å². The van der Waals surface area contributed by atoms with Gasteiger partial charge in [-0.3, -0.25) is 9.38 Å². The second-order valence-corrected chi connectivity index (χ2v) is 9.04. The maximum atomic E-state index is 15.4. The van der Waals surface area contributed by atoms with Crippen molar-refractivity contribution in [3.05, 3.63) is 75.6 Å². The number of benzene rings is 1. The number of alkyl halides is 3. The molecule has 0 amide bonds. The summed E-state index contributed by atoms with van der Waals surface area (Å²) in [4.78, 5) is 12.2. The molecule has 0 saturated carbocycles. The number of hydrogen-bond acceptors (Lipinski definition) is 4. The lowest BCUT2D eigenvalue weighted by Crippen LogP contribution is -2.13. The number of rotatable bonds is 5. The number of aromatic nitrogens is 4. The molecule has 1 atom stereocenters. The van der Waals surface area contributed by atoms with Crippen molar-refractivity contribution >= 4 is 28.7 Å². The zero-order valence-electron chi connectivity index (χ0n) is 19.1. The number of imidazole rings is 1. The number of nitrogens with zero attached hydrogens (tertiary/aromatic N) is 4. The normalized spacial score (nSPS) is 13.0. The summed E-state index contributed by atoms with van der Waals surface area (Å²) in [7, 11) is 0. The summed E-state index contributed by atoms with van der Waals surface area (Å²) in [6.45, 7) is 7.15. The molecule has 0 bridgehead atoms. The van der Waals surface area contributed by atoms with Crippen molar-refractivity contribution in [3.8, 4) is 16.9 Å². The van der Waals surface area contributed by atoms with Gasteiger partial charge in [0.25, 0.3) is 0 Å². The van der Waals surface area contributed by atoms with Crippen LogP contribution in [0.15, 0.2) is 36.8 Å². The molecule has 1 unspecified atom stereocenters. The summed E-state index contributed by atoms with van der Waals surface area (Å²) in [6, 6.07) is 3.38. The minimum Gasteiger partial charge on any atom is -0.490 e. The molecule has 0 aliphatic rings. The van der Waals surface area contributed by atoms with Gasteiger partial charge in [-0.2, -0.15) is 13.2 Å².